The van der Waals surface area contributed by atoms with E-state index in [9.17, 15) is 4.79 Å². The Labute approximate surface area is 96.0 Å². The summed E-state index contributed by atoms with van der Waals surface area (Å²) in [6.45, 7) is 6.56. The Morgan fingerprint density at radius 1 is 1.44 bits per heavy atom. The molecule has 0 aromatic carbocycles. The summed E-state index contributed by atoms with van der Waals surface area (Å²) in [4.78, 5) is 11.3. The van der Waals surface area contributed by atoms with Crippen molar-refractivity contribution in [1.29, 1.82) is 0 Å². The summed E-state index contributed by atoms with van der Waals surface area (Å²) in [5.74, 6) is 1.57. The number of aryl methyl sites for hydroxylation is 1. The van der Waals surface area contributed by atoms with Crippen LogP contribution in [0.25, 0.3) is 0 Å². The lowest BCUT2D eigenvalue weighted by Gasteiger charge is -2.11. The minimum Gasteiger partial charge on any atom is -0.465 e. The average Bonchev–Trinajstić information content (AvgIpc) is 2.74. The molecule has 0 aliphatic heterocycles. The molecular weight excluding hydrogens is 206 g/mol. The maximum Gasteiger partial charge on any atom is 0.322 e. The SMILES string of the molecule is CCOC(=O)C(C)NCc1ccc(CC)o1. The third kappa shape index (κ3) is 3.70. The Bertz CT molecular complexity index is 333. The minimum absolute atomic E-state index is 0.232. The highest BCUT2D eigenvalue weighted by molar-refractivity contribution is 5.75. The summed E-state index contributed by atoms with van der Waals surface area (Å²) in [7, 11) is 0. The van der Waals surface area contributed by atoms with Crippen molar-refractivity contribution in [1.82, 2.24) is 5.32 Å². The number of carbonyl (C=O) groups excluding carboxylic acids is 1. The van der Waals surface area contributed by atoms with Crippen LogP contribution in [-0.2, 0) is 22.5 Å². The molecule has 0 aliphatic carbocycles. The van der Waals surface area contributed by atoms with Gasteiger partial charge in [-0.25, -0.2) is 0 Å². The molecule has 1 rings (SSSR count). The number of nitrogens with one attached hydrogen (secondary N) is 1. The topological polar surface area (TPSA) is 51.5 Å². The van der Waals surface area contributed by atoms with Gasteiger partial charge in [0.2, 0.25) is 0 Å². The first-order valence-electron chi connectivity index (χ1n) is 5.65. The van der Waals surface area contributed by atoms with Gasteiger partial charge in [0.15, 0.2) is 0 Å². The van der Waals surface area contributed by atoms with Gasteiger partial charge in [-0.1, -0.05) is 6.92 Å². The zero-order chi connectivity index (χ0) is 12.0. The normalized spacial score (nSPS) is 12.4. The van der Waals surface area contributed by atoms with Crippen LogP contribution in [0.2, 0.25) is 0 Å². The highest BCUT2D eigenvalue weighted by Gasteiger charge is 2.13. The number of esters is 1. The first kappa shape index (κ1) is 12.8. The summed E-state index contributed by atoms with van der Waals surface area (Å²) >= 11 is 0. The van der Waals surface area contributed by atoms with Gasteiger partial charge in [-0.15, -0.1) is 0 Å². The molecule has 1 heterocycles. The largest absolute Gasteiger partial charge is 0.465 e. The van der Waals surface area contributed by atoms with Gasteiger partial charge < -0.3 is 9.15 Å². The third-order valence-electron chi connectivity index (χ3n) is 2.29. The Morgan fingerprint density at radius 3 is 2.69 bits per heavy atom. The standard InChI is InChI=1S/C12H19NO3/c1-4-10-6-7-11(16-10)8-13-9(3)12(14)15-5-2/h6-7,9,13H,4-5,8H2,1-3H3. The lowest BCUT2D eigenvalue weighted by atomic mass is 10.3. The Hall–Kier alpha value is -1.29. The molecular formula is C12H19NO3. The Balaban J connectivity index is 2.36. The molecule has 4 heteroatoms. The molecule has 16 heavy (non-hydrogen) atoms. The molecule has 0 saturated heterocycles. The Kier molecular flexibility index (Phi) is 5.05. The molecule has 0 aliphatic rings. The van der Waals surface area contributed by atoms with Crippen LogP contribution in [0.5, 0.6) is 0 Å². The Morgan fingerprint density at radius 2 is 2.12 bits per heavy atom. The molecule has 0 radical (unpaired) electrons. The zero-order valence-corrected chi connectivity index (χ0v) is 10.1. The van der Waals surface area contributed by atoms with Crippen LogP contribution >= 0.6 is 0 Å². The number of hydrogen-bond acceptors (Lipinski definition) is 4. The van der Waals surface area contributed by atoms with Gasteiger partial charge in [0.1, 0.15) is 17.6 Å². The van der Waals surface area contributed by atoms with E-state index in [0.717, 1.165) is 17.9 Å². The molecule has 0 saturated carbocycles. The molecule has 0 spiro atoms. The lowest BCUT2D eigenvalue weighted by Crippen LogP contribution is -2.34. The molecule has 1 unspecified atom stereocenters. The number of furan rings is 1. The van der Waals surface area contributed by atoms with Gasteiger partial charge in [-0.3, -0.25) is 10.1 Å². The van der Waals surface area contributed by atoms with Gasteiger partial charge in [0.05, 0.1) is 13.2 Å². The molecule has 4 nitrogen and oxygen atoms in total. The fourth-order valence-electron chi connectivity index (χ4n) is 1.31. The molecule has 1 atom stereocenters. The van der Waals surface area contributed by atoms with Crippen molar-refractivity contribution in [2.45, 2.75) is 39.8 Å². The van der Waals surface area contributed by atoms with E-state index < -0.39 is 0 Å². The lowest BCUT2D eigenvalue weighted by molar-refractivity contribution is -0.145. The van der Waals surface area contributed by atoms with Crippen LogP contribution in [0.15, 0.2) is 16.5 Å². The highest BCUT2D eigenvalue weighted by atomic mass is 16.5. The summed E-state index contributed by atoms with van der Waals surface area (Å²) in [6, 6.07) is 3.56. The van der Waals surface area contributed by atoms with Crippen LogP contribution in [0, 0.1) is 0 Å². The van der Waals surface area contributed by atoms with Crippen LogP contribution in [0.4, 0.5) is 0 Å². The van der Waals surface area contributed by atoms with E-state index in [1.54, 1.807) is 13.8 Å². The number of ether oxygens (including phenoxy) is 1. The van der Waals surface area contributed by atoms with E-state index in [2.05, 4.69) is 5.32 Å². The van der Waals surface area contributed by atoms with E-state index in [4.69, 9.17) is 9.15 Å². The number of rotatable bonds is 6. The van der Waals surface area contributed by atoms with E-state index in [1.165, 1.54) is 0 Å². The summed E-state index contributed by atoms with van der Waals surface area (Å²) in [6.07, 6.45) is 0.882. The molecule has 0 bridgehead atoms. The smallest absolute Gasteiger partial charge is 0.322 e. The predicted molar refractivity (Wildman–Crippen MR) is 61.0 cm³/mol. The average molecular weight is 225 g/mol. The maximum atomic E-state index is 11.3. The van der Waals surface area contributed by atoms with Crippen LogP contribution < -0.4 is 5.32 Å². The summed E-state index contributed by atoms with van der Waals surface area (Å²) < 4.78 is 10.4. The van der Waals surface area contributed by atoms with Crippen molar-refractivity contribution >= 4 is 5.97 Å². The highest BCUT2D eigenvalue weighted by Crippen LogP contribution is 2.08. The van der Waals surface area contributed by atoms with Crippen LogP contribution in [-0.4, -0.2) is 18.6 Å². The van der Waals surface area contributed by atoms with E-state index in [0.29, 0.717) is 13.2 Å². The quantitative estimate of drug-likeness (QED) is 0.751. The fourth-order valence-corrected chi connectivity index (χ4v) is 1.31. The van der Waals surface area contributed by atoms with E-state index >= 15 is 0 Å². The first-order valence-corrected chi connectivity index (χ1v) is 5.65. The fraction of sp³-hybridized carbons (Fsp3) is 0.583. The second-order valence-electron chi connectivity index (χ2n) is 3.58. The monoisotopic (exact) mass is 225 g/mol. The molecule has 0 fully saturated rings. The number of hydrogen-bond donors (Lipinski definition) is 1. The maximum absolute atomic E-state index is 11.3. The van der Waals surface area contributed by atoms with Gasteiger partial charge in [-0.05, 0) is 26.0 Å². The second kappa shape index (κ2) is 6.33. The van der Waals surface area contributed by atoms with Gasteiger partial charge >= 0.3 is 5.97 Å². The molecule has 1 aromatic heterocycles. The molecule has 1 aromatic rings. The van der Waals surface area contributed by atoms with E-state index in [-0.39, 0.29) is 12.0 Å². The van der Waals surface area contributed by atoms with Gasteiger partial charge in [0.25, 0.3) is 0 Å². The van der Waals surface area contributed by atoms with Crippen LogP contribution in [0.1, 0.15) is 32.3 Å². The van der Waals surface area contributed by atoms with Crippen molar-refractivity contribution in [3.63, 3.8) is 0 Å². The van der Waals surface area contributed by atoms with Crippen molar-refractivity contribution in [3.8, 4) is 0 Å². The zero-order valence-electron chi connectivity index (χ0n) is 10.1. The number of carbonyl (C=O) groups is 1. The second-order valence-corrected chi connectivity index (χ2v) is 3.58. The molecule has 0 amide bonds. The van der Waals surface area contributed by atoms with Gasteiger partial charge in [-0.2, -0.15) is 0 Å². The summed E-state index contributed by atoms with van der Waals surface area (Å²) in [5, 5.41) is 3.05. The van der Waals surface area contributed by atoms with Gasteiger partial charge in [0, 0.05) is 6.42 Å². The van der Waals surface area contributed by atoms with E-state index in [1.807, 2.05) is 19.1 Å². The predicted octanol–water partition coefficient (Wildman–Crippen LogP) is 1.88. The first-order chi connectivity index (χ1) is 7.67. The van der Waals surface area contributed by atoms with Crippen molar-refractivity contribution in [2.75, 3.05) is 6.61 Å². The van der Waals surface area contributed by atoms with Crippen LogP contribution in [0.3, 0.4) is 0 Å². The van der Waals surface area contributed by atoms with Crippen molar-refractivity contribution in [2.24, 2.45) is 0 Å². The molecule has 1 N–H and O–H groups in total. The minimum atomic E-state index is -0.310. The molecule has 90 valence electrons. The summed E-state index contributed by atoms with van der Waals surface area (Å²) in [5.41, 5.74) is 0. The van der Waals surface area contributed by atoms with Crippen molar-refractivity contribution in [3.05, 3.63) is 23.7 Å². The van der Waals surface area contributed by atoms with Crippen molar-refractivity contribution < 1.29 is 13.9 Å². The third-order valence-corrected chi connectivity index (χ3v) is 2.29.